The lowest BCUT2D eigenvalue weighted by molar-refractivity contribution is -0.0157. The second kappa shape index (κ2) is 4.77. The lowest BCUT2D eigenvalue weighted by Gasteiger charge is -2.21. The van der Waals surface area contributed by atoms with E-state index in [0.717, 1.165) is 13.0 Å². The lowest BCUT2D eigenvalue weighted by Crippen LogP contribution is -2.31. The highest BCUT2D eigenvalue weighted by molar-refractivity contribution is 5.15. The van der Waals surface area contributed by atoms with Gasteiger partial charge in [-0.05, 0) is 17.9 Å². The lowest BCUT2D eigenvalue weighted by atomic mass is 9.95. The van der Waals surface area contributed by atoms with Gasteiger partial charge in [0.2, 0.25) is 0 Å². The van der Waals surface area contributed by atoms with Gasteiger partial charge in [0.05, 0.1) is 12.2 Å². The van der Waals surface area contributed by atoms with Gasteiger partial charge in [0.15, 0.2) is 0 Å². The first-order valence-electron chi connectivity index (χ1n) is 5.61. The Morgan fingerprint density at radius 2 is 2.13 bits per heavy atom. The normalized spacial score (nSPS) is 27.9. The molecular weight excluding hydrogens is 188 g/mol. The number of hydrogen-bond donors (Lipinski definition) is 1. The molecule has 82 valence electrons. The fourth-order valence-corrected chi connectivity index (χ4v) is 2.18. The Morgan fingerprint density at radius 1 is 1.40 bits per heavy atom. The van der Waals surface area contributed by atoms with Crippen LogP contribution in [0.2, 0.25) is 0 Å². The average Bonchev–Trinajstić information content (AvgIpc) is 2.66. The van der Waals surface area contributed by atoms with E-state index in [0.29, 0.717) is 12.3 Å². The van der Waals surface area contributed by atoms with Crippen LogP contribution in [0.1, 0.15) is 18.9 Å². The summed E-state index contributed by atoms with van der Waals surface area (Å²) in [6.07, 6.45) is 1.40. The molecule has 1 aliphatic heterocycles. The molecule has 0 saturated carbocycles. The smallest absolute Gasteiger partial charge is 0.0863 e. The summed E-state index contributed by atoms with van der Waals surface area (Å²) >= 11 is 0. The van der Waals surface area contributed by atoms with E-state index in [2.05, 4.69) is 6.92 Å². The molecule has 15 heavy (non-hydrogen) atoms. The average molecular weight is 206 g/mol. The molecule has 1 N–H and O–H groups in total. The molecule has 2 nitrogen and oxygen atoms in total. The number of rotatable bonds is 3. The summed E-state index contributed by atoms with van der Waals surface area (Å²) in [5.74, 6) is 0.476. The second-order valence-electron chi connectivity index (χ2n) is 4.36. The Morgan fingerprint density at radius 3 is 2.73 bits per heavy atom. The molecule has 0 spiro atoms. The molecule has 0 radical (unpaired) electrons. The highest BCUT2D eigenvalue weighted by Gasteiger charge is 2.30. The quantitative estimate of drug-likeness (QED) is 0.819. The highest BCUT2D eigenvalue weighted by atomic mass is 16.5. The van der Waals surface area contributed by atoms with Crippen molar-refractivity contribution >= 4 is 0 Å². The predicted molar refractivity (Wildman–Crippen MR) is 59.7 cm³/mol. The molecule has 0 bridgehead atoms. The van der Waals surface area contributed by atoms with Crippen LogP contribution >= 0.6 is 0 Å². The van der Waals surface area contributed by atoms with Crippen LogP contribution in [0.25, 0.3) is 0 Å². The number of aliphatic hydroxyl groups excluding tert-OH is 1. The predicted octanol–water partition coefficient (Wildman–Crippen LogP) is 2.01. The van der Waals surface area contributed by atoms with Gasteiger partial charge in [-0.15, -0.1) is 0 Å². The van der Waals surface area contributed by atoms with E-state index in [1.807, 2.05) is 30.3 Å². The van der Waals surface area contributed by atoms with Crippen molar-refractivity contribution in [1.82, 2.24) is 0 Å². The monoisotopic (exact) mass is 206 g/mol. The van der Waals surface area contributed by atoms with Gasteiger partial charge in [-0.3, -0.25) is 0 Å². The molecular formula is C13H18O2. The summed E-state index contributed by atoms with van der Waals surface area (Å²) < 4.78 is 5.55. The summed E-state index contributed by atoms with van der Waals surface area (Å²) in [5.41, 5.74) is 1.17. The first kappa shape index (κ1) is 10.7. The van der Waals surface area contributed by atoms with Crippen LogP contribution in [-0.2, 0) is 11.2 Å². The number of benzene rings is 1. The minimum atomic E-state index is -0.370. The third kappa shape index (κ3) is 2.58. The van der Waals surface area contributed by atoms with Gasteiger partial charge in [0, 0.05) is 13.0 Å². The van der Waals surface area contributed by atoms with Crippen molar-refractivity contribution in [2.24, 2.45) is 5.92 Å². The van der Waals surface area contributed by atoms with Crippen molar-refractivity contribution in [3.63, 3.8) is 0 Å². The van der Waals surface area contributed by atoms with Crippen LogP contribution in [0.3, 0.4) is 0 Å². The summed E-state index contributed by atoms with van der Waals surface area (Å²) in [7, 11) is 0. The van der Waals surface area contributed by atoms with Crippen LogP contribution in [0.5, 0.6) is 0 Å². The van der Waals surface area contributed by atoms with E-state index < -0.39 is 0 Å². The molecule has 1 aromatic rings. The van der Waals surface area contributed by atoms with Crippen LogP contribution in [0.15, 0.2) is 30.3 Å². The number of aliphatic hydroxyl groups is 1. The van der Waals surface area contributed by atoms with Crippen molar-refractivity contribution in [2.75, 3.05) is 6.61 Å². The Hall–Kier alpha value is -0.860. The van der Waals surface area contributed by atoms with Crippen molar-refractivity contribution < 1.29 is 9.84 Å². The zero-order chi connectivity index (χ0) is 10.7. The Kier molecular flexibility index (Phi) is 3.39. The fourth-order valence-electron chi connectivity index (χ4n) is 2.18. The maximum atomic E-state index is 10.0. The van der Waals surface area contributed by atoms with E-state index in [1.54, 1.807) is 0 Å². The van der Waals surface area contributed by atoms with Gasteiger partial charge in [-0.25, -0.2) is 0 Å². The Balaban J connectivity index is 1.94. The molecule has 0 aromatic heterocycles. The van der Waals surface area contributed by atoms with Gasteiger partial charge < -0.3 is 9.84 Å². The molecule has 3 unspecified atom stereocenters. The molecule has 0 amide bonds. The van der Waals surface area contributed by atoms with E-state index in [4.69, 9.17) is 4.74 Å². The van der Waals surface area contributed by atoms with Crippen molar-refractivity contribution in [3.05, 3.63) is 35.9 Å². The second-order valence-corrected chi connectivity index (χ2v) is 4.36. The van der Waals surface area contributed by atoms with Gasteiger partial charge in [-0.2, -0.15) is 0 Å². The molecule has 1 fully saturated rings. The van der Waals surface area contributed by atoms with Gasteiger partial charge in [-0.1, -0.05) is 37.3 Å². The van der Waals surface area contributed by atoms with Crippen LogP contribution in [0.4, 0.5) is 0 Å². The zero-order valence-electron chi connectivity index (χ0n) is 9.10. The third-order valence-electron chi connectivity index (χ3n) is 3.11. The van der Waals surface area contributed by atoms with Crippen molar-refractivity contribution in [3.8, 4) is 0 Å². The Labute approximate surface area is 90.9 Å². The maximum Gasteiger partial charge on any atom is 0.0863 e. The zero-order valence-corrected chi connectivity index (χ0v) is 9.10. The first-order valence-corrected chi connectivity index (χ1v) is 5.61. The standard InChI is InChI=1S/C13H18O2/c1-10-7-8-15-13(10)12(14)9-11-5-3-2-4-6-11/h2-6,10,12-14H,7-9H2,1H3. The minimum absolute atomic E-state index is 0.0187. The molecule has 1 aliphatic rings. The van der Waals surface area contributed by atoms with E-state index in [-0.39, 0.29) is 12.2 Å². The minimum Gasteiger partial charge on any atom is -0.390 e. The summed E-state index contributed by atoms with van der Waals surface area (Å²) in [6, 6.07) is 10.1. The van der Waals surface area contributed by atoms with Crippen LogP contribution in [0, 0.1) is 5.92 Å². The molecule has 1 heterocycles. The van der Waals surface area contributed by atoms with Gasteiger partial charge >= 0.3 is 0 Å². The van der Waals surface area contributed by atoms with E-state index in [1.165, 1.54) is 5.56 Å². The summed E-state index contributed by atoms with van der Waals surface area (Å²) in [4.78, 5) is 0. The third-order valence-corrected chi connectivity index (χ3v) is 3.11. The first-order chi connectivity index (χ1) is 7.27. The molecule has 1 saturated heterocycles. The molecule has 0 aliphatic carbocycles. The largest absolute Gasteiger partial charge is 0.390 e. The fraction of sp³-hybridized carbons (Fsp3) is 0.538. The van der Waals surface area contributed by atoms with Crippen molar-refractivity contribution in [1.29, 1.82) is 0 Å². The van der Waals surface area contributed by atoms with Crippen LogP contribution < -0.4 is 0 Å². The molecule has 2 heteroatoms. The maximum absolute atomic E-state index is 10.0. The Bertz CT molecular complexity index is 297. The van der Waals surface area contributed by atoms with Gasteiger partial charge in [0.1, 0.15) is 0 Å². The van der Waals surface area contributed by atoms with Gasteiger partial charge in [0.25, 0.3) is 0 Å². The van der Waals surface area contributed by atoms with E-state index in [9.17, 15) is 5.11 Å². The summed E-state index contributed by atoms with van der Waals surface area (Å²) in [6.45, 7) is 2.93. The molecule has 2 rings (SSSR count). The number of ether oxygens (including phenoxy) is 1. The highest BCUT2D eigenvalue weighted by Crippen LogP contribution is 2.24. The topological polar surface area (TPSA) is 29.5 Å². The van der Waals surface area contributed by atoms with E-state index >= 15 is 0 Å². The number of hydrogen-bond acceptors (Lipinski definition) is 2. The molecule has 3 atom stereocenters. The summed E-state index contributed by atoms with van der Waals surface area (Å²) in [5, 5.41) is 10.0. The molecule has 1 aromatic carbocycles. The SMILES string of the molecule is CC1CCOC1C(O)Cc1ccccc1. The van der Waals surface area contributed by atoms with Crippen LogP contribution in [-0.4, -0.2) is 23.9 Å². The van der Waals surface area contributed by atoms with Crippen molar-refractivity contribution in [2.45, 2.75) is 32.0 Å².